The number of likely N-dealkylation sites (N-methyl/N-ethyl adjacent to an activating group) is 1. The fraction of sp³-hybridized carbons (Fsp3) is 0.286. The Labute approximate surface area is 102 Å². The van der Waals surface area contributed by atoms with Crippen LogP contribution < -0.4 is 5.32 Å². The highest BCUT2D eigenvalue weighted by molar-refractivity contribution is 5.74. The minimum absolute atomic E-state index is 0.894. The van der Waals surface area contributed by atoms with Crippen LogP contribution in [0.2, 0.25) is 0 Å². The van der Waals surface area contributed by atoms with Gasteiger partial charge in [0.1, 0.15) is 0 Å². The first kappa shape index (κ1) is 11.7. The lowest BCUT2D eigenvalue weighted by atomic mass is 10.2. The molecule has 88 valence electrons. The van der Waals surface area contributed by atoms with Gasteiger partial charge in [0.25, 0.3) is 0 Å². The number of benzene rings is 1. The molecule has 0 fully saturated rings. The molecule has 1 heterocycles. The smallest absolute Gasteiger partial charge is 0.0894 e. The predicted molar refractivity (Wildman–Crippen MR) is 71.7 cm³/mol. The molecular formula is C14H17N3. The van der Waals surface area contributed by atoms with Crippen LogP contribution in [0.4, 0.5) is 0 Å². The van der Waals surface area contributed by atoms with Gasteiger partial charge in [0.05, 0.1) is 22.9 Å². The molecule has 1 aromatic carbocycles. The third-order valence-corrected chi connectivity index (χ3v) is 2.52. The second-order valence-corrected chi connectivity index (χ2v) is 4.05. The number of hydrogen-bond acceptors (Lipinski definition) is 3. The summed E-state index contributed by atoms with van der Waals surface area (Å²) in [5.74, 6) is 0. The standard InChI is InChI=1S/C14H17N3/c1-3-15-9-11(2)8-12-10-16-13-6-4-5-7-14(13)17-12/h4-8,10,15H,3,9H2,1-2H3. The SMILES string of the molecule is CCNCC(C)=Cc1cnc2ccccc2n1. The summed E-state index contributed by atoms with van der Waals surface area (Å²) in [6.07, 6.45) is 3.89. The first-order valence-electron chi connectivity index (χ1n) is 5.89. The largest absolute Gasteiger partial charge is 0.313 e. The van der Waals surface area contributed by atoms with E-state index in [0.717, 1.165) is 29.8 Å². The van der Waals surface area contributed by atoms with Crippen molar-refractivity contribution < 1.29 is 0 Å². The van der Waals surface area contributed by atoms with E-state index in [9.17, 15) is 0 Å². The van der Waals surface area contributed by atoms with Gasteiger partial charge in [0.2, 0.25) is 0 Å². The third-order valence-electron chi connectivity index (χ3n) is 2.52. The maximum absolute atomic E-state index is 4.56. The molecule has 0 saturated carbocycles. The molecule has 0 unspecified atom stereocenters. The molecule has 0 spiro atoms. The Balaban J connectivity index is 2.24. The zero-order valence-corrected chi connectivity index (χ0v) is 10.3. The molecule has 1 N–H and O–H groups in total. The van der Waals surface area contributed by atoms with E-state index in [1.54, 1.807) is 0 Å². The number of nitrogens with zero attached hydrogens (tertiary/aromatic N) is 2. The Kier molecular flexibility index (Phi) is 3.83. The van der Waals surface area contributed by atoms with Gasteiger partial charge in [-0.3, -0.25) is 4.98 Å². The lowest BCUT2D eigenvalue weighted by molar-refractivity contribution is 0.778. The summed E-state index contributed by atoms with van der Waals surface area (Å²) >= 11 is 0. The van der Waals surface area contributed by atoms with Gasteiger partial charge in [-0.2, -0.15) is 0 Å². The highest BCUT2D eigenvalue weighted by Crippen LogP contribution is 2.10. The number of para-hydroxylation sites is 2. The summed E-state index contributed by atoms with van der Waals surface area (Å²) in [7, 11) is 0. The summed E-state index contributed by atoms with van der Waals surface area (Å²) < 4.78 is 0. The van der Waals surface area contributed by atoms with Crippen LogP contribution in [0.25, 0.3) is 17.1 Å². The van der Waals surface area contributed by atoms with Gasteiger partial charge in [-0.1, -0.05) is 24.6 Å². The van der Waals surface area contributed by atoms with Gasteiger partial charge in [-0.25, -0.2) is 4.98 Å². The summed E-state index contributed by atoms with van der Waals surface area (Å²) in [6, 6.07) is 7.92. The first-order valence-corrected chi connectivity index (χ1v) is 5.89. The first-order chi connectivity index (χ1) is 8.29. The fourth-order valence-electron chi connectivity index (χ4n) is 1.67. The molecule has 1 aromatic heterocycles. The molecule has 2 aromatic rings. The van der Waals surface area contributed by atoms with Crippen molar-refractivity contribution in [3.63, 3.8) is 0 Å². The van der Waals surface area contributed by atoms with Crippen molar-refractivity contribution in [1.82, 2.24) is 15.3 Å². The van der Waals surface area contributed by atoms with Crippen LogP contribution in [-0.4, -0.2) is 23.1 Å². The van der Waals surface area contributed by atoms with Gasteiger partial charge >= 0.3 is 0 Å². The quantitative estimate of drug-likeness (QED) is 0.872. The third kappa shape index (κ3) is 3.11. The Hall–Kier alpha value is -1.74. The van der Waals surface area contributed by atoms with Crippen LogP contribution in [0.5, 0.6) is 0 Å². The molecule has 0 bridgehead atoms. The number of fused-ring (bicyclic) bond motifs is 1. The number of aromatic nitrogens is 2. The van der Waals surface area contributed by atoms with E-state index in [4.69, 9.17) is 0 Å². The molecule has 0 radical (unpaired) electrons. The second-order valence-electron chi connectivity index (χ2n) is 4.05. The van der Waals surface area contributed by atoms with Crippen molar-refractivity contribution >= 4 is 17.1 Å². The molecule has 0 aliphatic carbocycles. The van der Waals surface area contributed by atoms with Gasteiger partial charge in [-0.15, -0.1) is 0 Å². The van der Waals surface area contributed by atoms with Gasteiger partial charge in [-0.05, 0) is 31.7 Å². The van der Waals surface area contributed by atoms with Gasteiger partial charge in [0, 0.05) is 6.54 Å². The van der Waals surface area contributed by atoms with Crippen LogP contribution in [0.3, 0.4) is 0 Å². The zero-order chi connectivity index (χ0) is 12.1. The Bertz CT molecular complexity index is 532. The second kappa shape index (κ2) is 5.55. The molecule has 3 nitrogen and oxygen atoms in total. The average Bonchev–Trinajstić information content (AvgIpc) is 2.36. The predicted octanol–water partition coefficient (Wildman–Crippen LogP) is 2.64. The monoisotopic (exact) mass is 227 g/mol. The number of rotatable bonds is 4. The molecule has 2 rings (SSSR count). The zero-order valence-electron chi connectivity index (χ0n) is 10.3. The van der Waals surface area contributed by atoms with Crippen LogP contribution in [-0.2, 0) is 0 Å². The van der Waals surface area contributed by atoms with Crippen molar-refractivity contribution in [3.8, 4) is 0 Å². The van der Waals surface area contributed by atoms with E-state index >= 15 is 0 Å². The molecule has 3 heteroatoms. The topological polar surface area (TPSA) is 37.8 Å². The van der Waals surface area contributed by atoms with Crippen LogP contribution in [0.15, 0.2) is 36.0 Å². The minimum atomic E-state index is 0.894. The summed E-state index contributed by atoms with van der Waals surface area (Å²) in [4.78, 5) is 8.94. The van der Waals surface area contributed by atoms with Crippen LogP contribution in [0.1, 0.15) is 19.5 Å². The Morgan fingerprint density at radius 3 is 2.82 bits per heavy atom. The van der Waals surface area contributed by atoms with Crippen molar-refractivity contribution in [3.05, 3.63) is 41.7 Å². The van der Waals surface area contributed by atoms with E-state index in [0.29, 0.717) is 0 Å². The Morgan fingerprint density at radius 1 is 1.29 bits per heavy atom. The highest BCUT2D eigenvalue weighted by Gasteiger charge is 1.97. The summed E-state index contributed by atoms with van der Waals surface area (Å²) in [6.45, 7) is 6.07. The van der Waals surface area contributed by atoms with E-state index in [-0.39, 0.29) is 0 Å². The van der Waals surface area contributed by atoms with Gasteiger partial charge < -0.3 is 5.32 Å². The molecule has 0 saturated heterocycles. The number of hydrogen-bond donors (Lipinski definition) is 1. The molecule has 17 heavy (non-hydrogen) atoms. The maximum Gasteiger partial charge on any atom is 0.0894 e. The van der Waals surface area contributed by atoms with Crippen LogP contribution in [0, 0.1) is 0 Å². The fourth-order valence-corrected chi connectivity index (χ4v) is 1.67. The van der Waals surface area contributed by atoms with Crippen molar-refractivity contribution in [2.75, 3.05) is 13.1 Å². The highest BCUT2D eigenvalue weighted by atomic mass is 14.8. The molecule has 0 amide bonds. The van der Waals surface area contributed by atoms with E-state index in [1.165, 1.54) is 5.57 Å². The Morgan fingerprint density at radius 2 is 2.06 bits per heavy atom. The van der Waals surface area contributed by atoms with Crippen molar-refractivity contribution in [2.45, 2.75) is 13.8 Å². The number of nitrogens with one attached hydrogen (secondary N) is 1. The summed E-state index contributed by atoms with van der Waals surface area (Å²) in [5.41, 5.74) is 4.06. The van der Waals surface area contributed by atoms with E-state index in [2.05, 4.69) is 35.2 Å². The van der Waals surface area contributed by atoms with Crippen molar-refractivity contribution in [2.24, 2.45) is 0 Å². The van der Waals surface area contributed by atoms with Crippen LogP contribution >= 0.6 is 0 Å². The lowest BCUT2D eigenvalue weighted by Gasteiger charge is -2.02. The van der Waals surface area contributed by atoms with Crippen molar-refractivity contribution in [1.29, 1.82) is 0 Å². The van der Waals surface area contributed by atoms with E-state index < -0.39 is 0 Å². The average molecular weight is 227 g/mol. The van der Waals surface area contributed by atoms with Gasteiger partial charge in [0.15, 0.2) is 0 Å². The van der Waals surface area contributed by atoms with E-state index in [1.807, 2.05) is 30.5 Å². The normalized spacial score (nSPS) is 12.0. The molecule has 0 aliphatic heterocycles. The molecular weight excluding hydrogens is 210 g/mol. The maximum atomic E-state index is 4.56. The minimum Gasteiger partial charge on any atom is -0.313 e. The summed E-state index contributed by atoms with van der Waals surface area (Å²) in [5, 5.41) is 3.29. The molecule has 0 atom stereocenters. The molecule has 0 aliphatic rings. The lowest BCUT2D eigenvalue weighted by Crippen LogP contribution is -2.14.